The Balaban J connectivity index is 2.22. The number of rotatable bonds is 5. The Kier molecular flexibility index (Phi) is 4.90. The minimum Gasteiger partial charge on any atom is -0.490 e. The molecule has 0 bridgehead atoms. The predicted molar refractivity (Wildman–Crippen MR) is 85.9 cm³/mol. The maximum Gasteiger partial charge on any atom is 0.169 e. The summed E-state index contributed by atoms with van der Waals surface area (Å²) in [6.07, 6.45) is 0.958. The number of hydrogen-bond donors (Lipinski definition) is 1. The zero-order valence-electron chi connectivity index (χ0n) is 10.7. The van der Waals surface area contributed by atoms with Crippen molar-refractivity contribution in [1.29, 1.82) is 0 Å². The molecule has 0 aliphatic rings. The van der Waals surface area contributed by atoms with Crippen LogP contribution in [0.3, 0.4) is 0 Å². The molecule has 0 aliphatic carbocycles. The fourth-order valence-corrected chi connectivity index (χ4v) is 2.11. The van der Waals surface area contributed by atoms with Crippen LogP contribution in [0.4, 0.5) is 5.69 Å². The van der Waals surface area contributed by atoms with E-state index in [4.69, 9.17) is 15.2 Å². The van der Waals surface area contributed by atoms with Crippen LogP contribution < -0.4 is 15.2 Å². The van der Waals surface area contributed by atoms with Gasteiger partial charge in [0.1, 0.15) is 0 Å². The minimum absolute atomic E-state index is 0.622. The summed E-state index contributed by atoms with van der Waals surface area (Å²) in [7, 11) is 0. The number of ether oxygens (including phenoxy) is 2. The first-order chi connectivity index (χ1) is 9.20. The first-order valence-electron chi connectivity index (χ1n) is 6.15. The largest absolute Gasteiger partial charge is 0.490 e. The molecular formula is C15H16INO2. The Hall–Kier alpha value is -1.43. The Labute approximate surface area is 126 Å². The first kappa shape index (κ1) is 14.0. The van der Waals surface area contributed by atoms with Crippen LogP contribution in [0.5, 0.6) is 17.2 Å². The number of nitrogens with two attached hydrogens (primary N) is 1. The molecule has 100 valence electrons. The molecule has 0 amide bonds. The van der Waals surface area contributed by atoms with Crippen LogP contribution in [-0.4, -0.2) is 6.61 Å². The van der Waals surface area contributed by atoms with Crippen LogP contribution >= 0.6 is 22.6 Å². The average molecular weight is 369 g/mol. The second kappa shape index (κ2) is 6.65. The Bertz CT molecular complexity index is 558. The molecule has 0 heterocycles. The summed E-state index contributed by atoms with van der Waals surface area (Å²) in [5.74, 6) is 2.07. The van der Waals surface area contributed by atoms with Gasteiger partial charge in [0.25, 0.3) is 0 Å². The number of nitrogen functional groups attached to an aromatic ring is 1. The Morgan fingerprint density at radius 3 is 2.47 bits per heavy atom. The van der Waals surface area contributed by atoms with Gasteiger partial charge in [-0.1, -0.05) is 19.1 Å². The predicted octanol–water partition coefficient (Wildman–Crippen LogP) is 4.45. The highest BCUT2D eigenvalue weighted by atomic mass is 127. The van der Waals surface area contributed by atoms with Crippen molar-refractivity contribution in [2.24, 2.45) is 0 Å². The lowest BCUT2D eigenvalue weighted by molar-refractivity contribution is 0.302. The maximum absolute atomic E-state index is 5.95. The van der Waals surface area contributed by atoms with E-state index in [2.05, 4.69) is 29.5 Å². The van der Waals surface area contributed by atoms with E-state index in [-0.39, 0.29) is 0 Å². The first-order valence-corrected chi connectivity index (χ1v) is 7.23. The van der Waals surface area contributed by atoms with E-state index in [9.17, 15) is 0 Å². The summed E-state index contributed by atoms with van der Waals surface area (Å²) < 4.78 is 12.6. The van der Waals surface area contributed by atoms with E-state index in [1.54, 1.807) is 0 Å². The van der Waals surface area contributed by atoms with Crippen molar-refractivity contribution in [3.8, 4) is 17.2 Å². The second-order valence-corrected chi connectivity index (χ2v) is 5.33. The summed E-state index contributed by atoms with van der Waals surface area (Å²) >= 11 is 2.22. The van der Waals surface area contributed by atoms with Crippen LogP contribution in [0.1, 0.15) is 13.3 Å². The summed E-state index contributed by atoms with van der Waals surface area (Å²) in [6, 6.07) is 13.3. The molecule has 2 aromatic rings. The normalized spacial score (nSPS) is 10.2. The van der Waals surface area contributed by atoms with E-state index in [1.165, 1.54) is 0 Å². The minimum atomic E-state index is 0.622. The molecule has 4 heteroatoms. The van der Waals surface area contributed by atoms with Gasteiger partial charge in [0.2, 0.25) is 0 Å². The van der Waals surface area contributed by atoms with Gasteiger partial charge in [0, 0.05) is 3.57 Å². The molecule has 3 nitrogen and oxygen atoms in total. The smallest absolute Gasteiger partial charge is 0.169 e. The highest BCUT2D eigenvalue weighted by molar-refractivity contribution is 14.1. The van der Waals surface area contributed by atoms with Crippen molar-refractivity contribution in [3.05, 3.63) is 46.0 Å². The van der Waals surface area contributed by atoms with Crippen LogP contribution in [0.25, 0.3) is 0 Å². The van der Waals surface area contributed by atoms with Crippen LogP contribution in [-0.2, 0) is 0 Å². The van der Waals surface area contributed by atoms with Gasteiger partial charge >= 0.3 is 0 Å². The van der Waals surface area contributed by atoms with E-state index in [0.717, 1.165) is 15.7 Å². The lowest BCUT2D eigenvalue weighted by Gasteiger charge is -2.13. The fraction of sp³-hybridized carbons (Fsp3) is 0.200. The molecule has 2 aromatic carbocycles. The fourth-order valence-electron chi connectivity index (χ4n) is 1.60. The lowest BCUT2D eigenvalue weighted by atomic mass is 10.3. The number of para-hydroxylation sites is 2. The van der Waals surface area contributed by atoms with E-state index >= 15 is 0 Å². The molecule has 0 atom stereocenters. The van der Waals surface area contributed by atoms with Crippen LogP contribution in [0, 0.1) is 3.57 Å². The van der Waals surface area contributed by atoms with Gasteiger partial charge in [0.15, 0.2) is 17.2 Å². The molecule has 0 fully saturated rings. The monoisotopic (exact) mass is 369 g/mol. The van der Waals surface area contributed by atoms with E-state index in [1.807, 2.05) is 42.5 Å². The van der Waals surface area contributed by atoms with Crippen LogP contribution in [0.15, 0.2) is 42.5 Å². The van der Waals surface area contributed by atoms with E-state index in [0.29, 0.717) is 23.8 Å². The SMILES string of the molecule is CCCOc1ccccc1Oc1ccc(I)cc1N. The van der Waals surface area contributed by atoms with E-state index < -0.39 is 0 Å². The molecule has 0 radical (unpaired) electrons. The topological polar surface area (TPSA) is 44.5 Å². The number of benzene rings is 2. The summed E-state index contributed by atoms with van der Waals surface area (Å²) in [5, 5.41) is 0. The van der Waals surface area contributed by atoms with Gasteiger partial charge in [-0.05, 0) is 59.3 Å². The molecule has 2 N–H and O–H groups in total. The summed E-state index contributed by atoms with van der Waals surface area (Å²) in [5.41, 5.74) is 6.57. The Morgan fingerprint density at radius 1 is 1.05 bits per heavy atom. The standard InChI is InChI=1S/C15H16INO2/c1-2-9-18-14-5-3-4-6-15(14)19-13-8-7-11(16)10-12(13)17/h3-8,10H,2,9,17H2,1H3. The van der Waals surface area contributed by atoms with Gasteiger partial charge in [-0.3, -0.25) is 0 Å². The zero-order valence-corrected chi connectivity index (χ0v) is 12.9. The highest BCUT2D eigenvalue weighted by Crippen LogP contribution is 2.34. The van der Waals surface area contributed by atoms with Crippen molar-refractivity contribution < 1.29 is 9.47 Å². The molecule has 0 aliphatic heterocycles. The van der Waals surface area contributed by atoms with Crippen molar-refractivity contribution in [2.45, 2.75) is 13.3 Å². The summed E-state index contributed by atoms with van der Waals surface area (Å²) in [4.78, 5) is 0. The van der Waals surface area contributed by atoms with Crippen molar-refractivity contribution >= 4 is 28.3 Å². The van der Waals surface area contributed by atoms with Gasteiger partial charge in [-0.2, -0.15) is 0 Å². The van der Waals surface area contributed by atoms with Crippen molar-refractivity contribution in [2.75, 3.05) is 12.3 Å². The third-order valence-electron chi connectivity index (χ3n) is 2.50. The van der Waals surface area contributed by atoms with Gasteiger partial charge in [-0.25, -0.2) is 0 Å². The van der Waals surface area contributed by atoms with Crippen molar-refractivity contribution in [1.82, 2.24) is 0 Å². The number of anilines is 1. The highest BCUT2D eigenvalue weighted by Gasteiger charge is 2.07. The van der Waals surface area contributed by atoms with Gasteiger partial charge in [-0.15, -0.1) is 0 Å². The van der Waals surface area contributed by atoms with Gasteiger partial charge in [0.05, 0.1) is 12.3 Å². The molecule has 0 aromatic heterocycles. The third-order valence-corrected chi connectivity index (χ3v) is 3.17. The molecule has 0 saturated carbocycles. The third kappa shape index (κ3) is 3.76. The second-order valence-electron chi connectivity index (χ2n) is 4.08. The summed E-state index contributed by atoms with van der Waals surface area (Å²) in [6.45, 7) is 2.74. The van der Waals surface area contributed by atoms with Gasteiger partial charge < -0.3 is 15.2 Å². The number of halogens is 1. The van der Waals surface area contributed by atoms with Crippen molar-refractivity contribution in [3.63, 3.8) is 0 Å². The number of hydrogen-bond acceptors (Lipinski definition) is 3. The Morgan fingerprint density at radius 2 is 1.79 bits per heavy atom. The molecule has 0 spiro atoms. The molecule has 0 saturated heterocycles. The molecule has 19 heavy (non-hydrogen) atoms. The van der Waals surface area contributed by atoms with Crippen LogP contribution in [0.2, 0.25) is 0 Å². The quantitative estimate of drug-likeness (QED) is 0.626. The molecule has 2 rings (SSSR count). The molecular weight excluding hydrogens is 353 g/mol. The average Bonchev–Trinajstić information content (AvgIpc) is 2.41. The molecule has 0 unspecified atom stereocenters. The zero-order chi connectivity index (χ0) is 13.7. The maximum atomic E-state index is 5.95. The lowest BCUT2D eigenvalue weighted by Crippen LogP contribution is -1.98.